The van der Waals surface area contributed by atoms with Crippen LogP contribution in [0.3, 0.4) is 0 Å². The molecule has 0 aliphatic rings. The number of nitrogens with zero attached hydrogens (tertiary/aromatic N) is 2. The Bertz CT molecular complexity index is 542. The number of benzene rings is 1. The molecule has 5 nitrogen and oxygen atoms in total. The van der Waals surface area contributed by atoms with Crippen molar-refractivity contribution in [3.8, 4) is 0 Å². The van der Waals surface area contributed by atoms with E-state index in [4.69, 9.17) is 0 Å². The highest BCUT2D eigenvalue weighted by atomic mass is 16.1. The molecule has 2 aromatic rings. The summed E-state index contributed by atoms with van der Waals surface area (Å²) in [5, 5.41) is 5.89. The first-order valence-electron chi connectivity index (χ1n) is 6.10. The van der Waals surface area contributed by atoms with Crippen LogP contribution in [-0.2, 0) is 4.79 Å². The third-order valence-electron chi connectivity index (χ3n) is 2.52. The third kappa shape index (κ3) is 4.39. The van der Waals surface area contributed by atoms with Gasteiger partial charge in [-0.25, -0.2) is 4.98 Å². The molecule has 0 aliphatic heterocycles. The molecule has 2 N–H and O–H groups in total. The first kappa shape index (κ1) is 13.0. The lowest BCUT2D eigenvalue weighted by molar-refractivity contribution is -0.115. The Hall–Kier alpha value is -2.43. The summed E-state index contributed by atoms with van der Waals surface area (Å²) in [7, 11) is 0. The summed E-state index contributed by atoms with van der Waals surface area (Å²) in [6, 6.07) is 7.73. The summed E-state index contributed by atoms with van der Waals surface area (Å²) >= 11 is 0. The molecule has 1 aromatic heterocycles. The second-order valence-corrected chi connectivity index (χ2v) is 4.19. The van der Waals surface area contributed by atoms with Gasteiger partial charge in [-0.3, -0.25) is 9.78 Å². The zero-order chi connectivity index (χ0) is 13.5. The van der Waals surface area contributed by atoms with Gasteiger partial charge >= 0.3 is 0 Å². The summed E-state index contributed by atoms with van der Waals surface area (Å²) < 4.78 is 0. The summed E-state index contributed by atoms with van der Waals surface area (Å²) in [6.07, 6.45) is 5.22. The van der Waals surface area contributed by atoms with Crippen molar-refractivity contribution in [2.45, 2.75) is 13.3 Å². The van der Waals surface area contributed by atoms with E-state index < -0.39 is 0 Å². The number of carbonyl (C=O) groups is 1. The molecule has 0 saturated carbocycles. The molecule has 0 saturated heterocycles. The number of amides is 1. The number of anilines is 2. The molecule has 0 bridgehead atoms. The minimum absolute atomic E-state index is 0.0259. The fourth-order valence-corrected chi connectivity index (χ4v) is 1.64. The maximum absolute atomic E-state index is 11.7. The number of hydrogen-bond donors (Lipinski definition) is 2. The second kappa shape index (κ2) is 6.49. The van der Waals surface area contributed by atoms with Crippen molar-refractivity contribution in [2.75, 3.05) is 17.2 Å². The lowest BCUT2D eigenvalue weighted by Gasteiger charge is -2.07. The van der Waals surface area contributed by atoms with Gasteiger partial charge in [0.25, 0.3) is 0 Å². The molecule has 0 spiro atoms. The largest absolute Gasteiger partial charge is 0.368 e. The van der Waals surface area contributed by atoms with Crippen LogP contribution in [-0.4, -0.2) is 22.4 Å². The van der Waals surface area contributed by atoms with E-state index in [1.165, 1.54) is 0 Å². The third-order valence-corrected chi connectivity index (χ3v) is 2.52. The smallest absolute Gasteiger partial charge is 0.226 e. The predicted octanol–water partition coefficient (Wildman–Crippen LogP) is 2.23. The van der Waals surface area contributed by atoms with Gasteiger partial charge in [-0.2, -0.15) is 0 Å². The van der Waals surface area contributed by atoms with Gasteiger partial charge in [-0.05, 0) is 24.6 Å². The zero-order valence-electron chi connectivity index (χ0n) is 10.8. The van der Waals surface area contributed by atoms with Crippen LogP contribution in [0.25, 0.3) is 0 Å². The molecular weight excluding hydrogens is 240 g/mol. The summed E-state index contributed by atoms with van der Waals surface area (Å²) in [4.78, 5) is 19.7. The maximum Gasteiger partial charge on any atom is 0.226 e. The first-order valence-corrected chi connectivity index (χ1v) is 6.10. The van der Waals surface area contributed by atoms with Gasteiger partial charge in [-0.15, -0.1) is 0 Å². The van der Waals surface area contributed by atoms with Crippen LogP contribution in [0.2, 0.25) is 0 Å². The molecule has 0 unspecified atom stereocenters. The van der Waals surface area contributed by atoms with Gasteiger partial charge in [0.05, 0.1) is 6.20 Å². The number of carbonyl (C=O) groups excluding carboxylic acids is 1. The number of aryl methyl sites for hydroxylation is 1. The molecule has 98 valence electrons. The summed E-state index contributed by atoms with van der Waals surface area (Å²) in [6.45, 7) is 2.52. The molecule has 0 fully saturated rings. The lowest BCUT2D eigenvalue weighted by Crippen LogP contribution is -2.16. The number of rotatable bonds is 5. The van der Waals surface area contributed by atoms with Crippen LogP contribution >= 0.6 is 0 Å². The van der Waals surface area contributed by atoms with Crippen molar-refractivity contribution in [1.29, 1.82) is 0 Å². The highest BCUT2D eigenvalue weighted by Gasteiger charge is 2.02. The zero-order valence-corrected chi connectivity index (χ0v) is 10.8. The quantitative estimate of drug-likeness (QED) is 0.860. The maximum atomic E-state index is 11.7. The topological polar surface area (TPSA) is 66.9 Å². The molecule has 5 heteroatoms. The van der Waals surface area contributed by atoms with Crippen LogP contribution in [0, 0.1) is 6.92 Å². The number of aromatic nitrogens is 2. The van der Waals surface area contributed by atoms with Gasteiger partial charge in [-0.1, -0.05) is 12.1 Å². The van der Waals surface area contributed by atoms with Crippen molar-refractivity contribution in [3.63, 3.8) is 0 Å². The van der Waals surface area contributed by atoms with Crippen LogP contribution in [0.1, 0.15) is 12.0 Å². The minimum atomic E-state index is -0.0259. The van der Waals surface area contributed by atoms with Gasteiger partial charge in [0, 0.05) is 31.0 Å². The van der Waals surface area contributed by atoms with E-state index in [9.17, 15) is 4.79 Å². The highest BCUT2D eigenvalue weighted by molar-refractivity contribution is 5.91. The average molecular weight is 256 g/mol. The van der Waals surface area contributed by atoms with Gasteiger partial charge in [0.2, 0.25) is 5.91 Å². The van der Waals surface area contributed by atoms with Crippen molar-refractivity contribution in [2.24, 2.45) is 0 Å². The predicted molar refractivity (Wildman–Crippen MR) is 74.9 cm³/mol. The molecule has 0 atom stereocenters. The Kier molecular flexibility index (Phi) is 4.44. The second-order valence-electron chi connectivity index (χ2n) is 4.19. The van der Waals surface area contributed by atoms with Crippen molar-refractivity contribution < 1.29 is 4.79 Å². The molecular formula is C14H16N4O. The Morgan fingerprint density at radius 1 is 1.32 bits per heavy atom. The normalized spacial score (nSPS) is 9.95. The SMILES string of the molecule is Cc1cccc(NC(=O)CCNc2cnccn2)c1. The minimum Gasteiger partial charge on any atom is -0.368 e. The van der Waals surface area contributed by atoms with E-state index in [1.807, 2.05) is 31.2 Å². The molecule has 19 heavy (non-hydrogen) atoms. The average Bonchev–Trinajstić information content (AvgIpc) is 2.40. The van der Waals surface area contributed by atoms with Crippen LogP contribution in [0.5, 0.6) is 0 Å². The highest BCUT2D eigenvalue weighted by Crippen LogP contribution is 2.09. The Balaban J connectivity index is 1.76. The van der Waals surface area contributed by atoms with Crippen LogP contribution in [0.15, 0.2) is 42.9 Å². The van der Waals surface area contributed by atoms with Crippen molar-refractivity contribution in [3.05, 3.63) is 48.4 Å². The Morgan fingerprint density at radius 3 is 2.95 bits per heavy atom. The Labute approximate surface area is 112 Å². The first-order chi connectivity index (χ1) is 9.24. The fourth-order valence-electron chi connectivity index (χ4n) is 1.64. The molecule has 2 rings (SSSR count). The van der Waals surface area contributed by atoms with Crippen LogP contribution < -0.4 is 10.6 Å². The molecule has 1 amide bonds. The molecule has 0 aliphatic carbocycles. The standard InChI is InChI=1S/C14H16N4O/c1-11-3-2-4-12(9-11)18-14(19)5-6-16-13-10-15-7-8-17-13/h2-4,7-10H,5-6H2,1H3,(H,16,17)(H,18,19). The van der Waals surface area contributed by atoms with Crippen molar-refractivity contribution >= 4 is 17.4 Å². The van der Waals surface area contributed by atoms with E-state index >= 15 is 0 Å². The van der Waals surface area contributed by atoms with E-state index in [0.717, 1.165) is 11.3 Å². The molecule has 1 heterocycles. The Morgan fingerprint density at radius 2 is 2.21 bits per heavy atom. The lowest BCUT2D eigenvalue weighted by atomic mass is 10.2. The van der Waals surface area contributed by atoms with Gasteiger partial charge < -0.3 is 10.6 Å². The van der Waals surface area contributed by atoms with Gasteiger partial charge in [0.15, 0.2) is 0 Å². The van der Waals surface area contributed by atoms with E-state index in [2.05, 4.69) is 20.6 Å². The number of hydrogen-bond acceptors (Lipinski definition) is 4. The van der Waals surface area contributed by atoms with E-state index in [-0.39, 0.29) is 5.91 Å². The van der Waals surface area contributed by atoms with E-state index in [1.54, 1.807) is 18.6 Å². The summed E-state index contributed by atoms with van der Waals surface area (Å²) in [5.41, 5.74) is 1.94. The molecule has 0 radical (unpaired) electrons. The molecule has 1 aromatic carbocycles. The monoisotopic (exact) mass is 256 g/mol. The van der Waals surface area contributed by atoms with E-state index in [0.29, 0.717) is 18.8 Å². The number of nitrogens with one attached hydrogen (secondary N) is 2. The fraction of sp³-hybridized carbons (Fsp3) is 0.214. The van der Waals surface area contributed by atoms with Crippen molar-refractivity contribution in [1.82, 2.24) is 9.97 Å². The summed E-state index contributed by atoms with van der Waals surface area (Å²) in [5.74, 6) is 0.646. The van der Waals surface area contributed by atoms with Gasteiger partial charge in [0.1, 0.15) is 5.82 Å². The van der Waals surface area contributed by atoms with Crippen LogP contribution in [0.4, 0.5) is 11.5 Å².